The topological polar surface area (TPSA) is 202 Å². The van der Waals surface area contributed by atoms with Gasteiger partial charge in [-0.25, -0.2) is 10.1 Å². The minimum absolute atomic E-state index is 0. The first kappa shape index (κ1) is 68.5. The molecule has 0 unspecified atom stereocenters. The van der Waals surface area contributed by atoms with Crippen LogP contribution in [0.4, 0.5) is 0 Å². The minimum Gasteiger partial charge on any atom is -0.409 e. The molecule has 2 aromatic rings. The number of aliphatic hydroxyl groups is 2. The van der Waals surface area contributed by atoms with Gasteiger partial charge in [-0.2, -0.15) is 10.5 Å². The van der Waals surface area contributed by atoms with Crippen molar-refractivity contribution in [2.75, 3.05) is 0 Å². The quantitative estimate of drug-likeness (QED) is 0.0810. The van der Waals surface area contributed by atoms with Gasteiger partial charge in [0, 0.05) is 0 Å². The highest BCUT2D eigenvalue weighted by atomic mass is 28.4. The van der Waals surface area contributed by atoms with Crippen molar-refractivity contribution in [1.82, 2.24) is 10.1 Å². The number of carbonyl (C=O) groups excluding carboxylic acids is 2. The predicted octanol–water partition coefficient (Wildman–Crippen LogP) is 11.6. The summed E-state index contributed by atoms with van der Waals surface area (Å²) in [7, 11) is -14.3. The largest absolute Gasteiger partial charge is 0.409 e. The molecule has 10 atom stereocenters. The zero-order chi connectivity index (χ0) is 59.3. The molecule has 22 heteroatoms. The predicted molar refractivity (Wildman–Crippen MR) is 325 cm³/mol. The van der Waals surface area contributed by atoms with Crippen LogP contribution in [0.15, 0.2) is 72.8 Å². The Kier molecular flexibility index (Phi) is 20.8. The Hall–Kier alpha value is -3.00. The summed E-state index contributed by atoms with van der Waals surface area (Å²) in [5, 5.41) is 47.5. The number of hydrogen-bond donors (Lipinski definition) is 2. The average molecular weight is 1200 g/mol. The third-order valence-electron chi connectivity index (χ3n) is 15.5. The van der Waals surface area contributed by atoms with Gasteiger partial charge in [-0.1, -0.05) is 116 Å². The molecule has 4 aliphatic rings. The Balaban J connectivity index is 0.000000337. The molecule has 2 spiro atoms. The van der Waals surface area contributed by atoms with E-state index in [0.29, 0.717) is 0 Å². The van der Waals surface area contributed by atoms with Gasteiger partial charge >= 0.3 is 0 Å². The zero-order valence-corrected chi connectivity index (χ0v) is 57.0. The Morgan fingerprint density at radius 1 is 0.532 bits per heavy atom. The molecule has 16 nitrogen and oxygen atoms in total. The SMILES string of the molecule is C.CC(C)(C)[Si](C)(C)O[C@H]1[C@@H](O[Si](C)(C)C)[C@@]2(CC(=O)N2OCc2ccccc2)[C@H](O)[C@H](O)[C@]1(C#N)O[Si](C)(C)C.CC(C)(C)[Si](C)(C)O[C@H]1[C@@H](O[Si](C)(C)C)[C@]2(C=C[C@]1(C#N)O[Si](C)(C)C)CC(=O)N2OCc1ccccc1. The van der Waals surface area contributed by atoms with E-state index in [9.17, 15) is 30.3 Å². The molecule has 2 aromatic carbocycles. The summed E-state index contributed by atoms with van der Waals surface area (Å²) in [5.41, 5.74) is -3.80. The van der Waals surface area contributed by atoms with Gasteiger partial charge in [0.25, 0.3) is 0 Å². The summed E-state index contributed by atoms with van der Waals surface area (Å²) in [6.45, 7) is 46.0. The lowest BCUT2D eigenvalue weighted by Gasteiger charge is -2.65. The monoisotopic (exact) mass is 1200 g/mol. The number of nitrogens with zero attached hydrogens (tertiary/aromatic N) is 4. The summed E-state index contributed by atoms with van der Waals surface area (Å²) >= 11 is 0. The molecule has 0 radical (unpaired) electrons. The summed E-state index contributed by atoms with van der Waals surface area (Å²) in [6, 6.07) is 23.9. The van der Waals surface area contributed by atoms with Crippen molar-refractivity contribution in [2.45, 2.75) is 249 Å². The Morgan fingerprint density at radius 3 is 1.33 bits per heavy atom. The van der Waals surface area contributed by atoms with Gasteiger partial charge in [0.05, 0.1) is 12.8 Å². The van der Waals surface area contributed by atoms with Gasteiger partial charge < -0.3 is 36.8 Å². The summed E-state index contributed by atoms with van der Waals surface area (Å²) in [4.78, 5) is 38.4. The fraction of sp³-hybridized carbons (Fsp3) is 0.684. The number of benzene rings is 2. The van der Waals surface area contributed by atoms with Crippen LogP contribution in [0.2, 0.25) is 115 Å². The third-order valence-corrected chi connectivity index (χ3v) is 28.2. The van der Waals surface area contributed by atoms with E-state index in [4.69, 9.17) is 36.2 Å². The zero-order valence-electron chi connectivity index (χ0n) is 51.0. The first-order chi connectivity index (χ1) is 35.4. The van der Waals surface area contributed by atoms with E-state index < -0.39 is 109 Å². The molecular formula is C57H98N4O12Si6. The molecule has 3 fully saturated rings. The molecule has 0 bridgehead atoms. The summed E-state index contributed by atoms with van der Waals surface area (Å²) in [5.74, 6) is -0.454. The maximum Gasteiger partial charge on any atom is 0.249 e. The molecule has 2 aliphatic heterocycles. The van der Waals surface area contributed by atoms with Gasteiger partial charge in [-0.15, -0.1) is 0 Å². The van der Waals surface area contributed by atoms with Gasteiger partial charge in [0.2, 0.25) is 17.4 Å². The van der Waals surface area contributed by atoms with Crippen molar-refractivity contribution in [3.05, 3.63) is 83.9 Å². The van der Waals surface area contributed by atoms with E-state index >= 15 is 0 Å². The molecule has 2 aliphatic carbocycles. The molecule has 2 amide bonds. The smallest absolute Gasteiger partial charge is 0.249 e. The highest BCUT2D eigenvalue weighted by Gasteiger charge is 2.76. The number of aliphatic hydroxyl groups excluding tert-OH is 2. The second kappa shape index (κ2) is 23.9. The Labute approximate surface area is 480 Å². The molecular weight excluding hydrogens is 1100 g/mol. The first-order valence-corrected chi connectivity index (χ1v) is 46.8. The maximum absolute atomic E-state index is 13.1. The summed E-state index contributed by atoms with van der Waals surface area (Å²) in [6.07, 6.45) is -2.88. The van der Waals surface area contributed by atoms with Crippen LogP contribution in [-0.2, 0) is 59.0 Å². The van der Waals surface area contributed by atoms with Crippen molar-refractivity contribution in [1.29, 1.82) is 10.5 Å². The fourth-order valence-electron chi connectivity index (χ4n) is 9.80. The lowest BCUT2D eigenvalue weighted by atomic mass is 9.62. The van der Waals surface area contributed by atoms with Crippen molar-refractivity contribution < 1.29 is 56.0 Å². The maximum atomic E-state index is 13.1. The van der Waals surface area contributed by atoms with E-state index in [2.05, 4.69) is 119 Å². The van der Waals surface area contributed by atoms with Crippen molar-refractivity contribution in [3.63, 3.8) is 0 Å². The number of rotatable bonds is 18. The van der Waals surface area contributed by atoms with Crippen molar-refractivity contribution in [3.8, 4) is 12.1 Å². The summed E-state index contributed by atoms with van der Waals surface area (Å²) < 4.78 is 41.0. The van der Waals surface area contributed by atoms with E-state index in [0.717, 1.165) is 16.2 Å². The number of amides is 2. The highest BCUT2D eigenvalue weighted by Crippen LogP contribution is 2.55. The highest BCUT2D eigenvalue weighted by molar-refractivity contribution is 6.75. The Bertz CT molecular complexity index is 2540. The van der Waals surface area contributed by atoms with Crippen molar-refractivity contribution in [2.24, 2.45) is 0 Å². The second-order valence-corrected chi connectivity index (χ2v) is 55.9. The Morgan fingerprint density at radius 2 is 0.949 bits per heavy atom. The van der Waals surface area contributed by atoms with Crippen LogP contribution < -0.4 is 0 Å². The van der Waals surface area contributed by atoms with Crippen LogP contribution >= 0.6 is 0 Å². The van der Waals surface area contributed by atoms with Gasteiger partial charge in [-0.05, 0) is 132 Å². The molecule has 2 saturated heterocycles. The number of β-lactam (4-membered cyclic amide) rings is 2. The molecule has 442 valence electrons. The van der Waals surface area contributed by atoms with E-state index in [1.54, 1.807) is 0 Å². The lowest BCUT2D eigenvalue weighted by molar-refractivity contribution is -0.342. The standard InChI is InChI=1S/C28H48N2O7Si3.C28H46N2O5Si3.CH4/c1-26(2,3)40(10,11)36-25-24(35-38(4,5)6)27(22(32)23(33)28(25,19-29)37-39(7,8)9)17-21(31)30(27)34-18-20-15-13-12-14-16-20;1-26(2,3)38(10,11)34-25-24(33-36(4,5)6)27(17-18-28(25,21-29)35-37(7,8)9)19-23(31)30(27)32-20-22-15-13-12-14-16-22;/h12-16,22-25,32-33H,17-18H2,1-11H3;12-18,24-25H,19-20H2,1-11H3;1H4/t22-,23+,24-,25+,27-,28+;24-,25+,27+,28-;/m11./s1. The third kappa shape index (κ3) is 14.9. The van der Waals surface area contributed by atoms with Crippen LogP contribution in [0.25, 0.3) is 0 Å². The van der Waals surface area contributed by atoms with Crippen LogP contribution in [0.1, 0.15) is 72.9 Å². The number of hydroxylamine groups is 4. The van der Waals surface area contributed by atoms with E-state index in [-0.39, 0.29) is 55.4 Å². The van der Waals surface area contributed by atoms with Gasteiger partial charge in [-0.3, -0.25) is 19.3 Å². The van der Waals surface area contributed by atoms with E-state index in [1.165, 1.54) is 5.06 Å². The minimum atomic E-state index is -2.62. The fourth-order valence-corrected chi connectivity index (χ4v) is 17.1. The molecule has 2 N–H and O–H groups in total. The second-order valence-electron chi connectivity index (χ2n) is 28.6. The average Bonchev–Trinajstić information content (AvgIpc) is 3.28. The van der Waals surface area contributed by atoms with Gasteiger partial charge in [0.15, 0.2) is 55.5 Å². The van der Waals surface area contributed by atoms with E-state index in [1.807, 2.05) is 112 Å². The van der Waals surface area contributed by atoms with Crippen LogP contribution in [0.3, 0.4) is 0 Å². The van der Waals surface area contributed by atoms with Crippen molar-refractivity contribution >= 4 is 61.7 Å². The molecule has 2 heterocycles. The number of hydrogen-bond acceptors (Lipinski definition) is 14. The lowest BCUT2D eigenvalue weighted by Crippen LogP contribution is -2.87. The normalized spacial score (nSPS) is 29.7. The first-order valence-electron chi connectivity index (χ1n) is 27.4. The molecule has 6 rings (SSSR count). The number of nitriles is 2. The molecule has 0 aromatic heterocycles. The van der Waals surface area contributed by atoms with Crippen LogP contribution in [0.5, 0.6) is 0 Å². The van der Waals surface area contributed by atoms with Crippen LogP contribution in [0, 0.1) is 22.7 Å². The number of carbonyl (C=O) groups is 2. The van der Waals surface area contributed by atoms with Gasteiger partial charge in [0.1, 0.15) is 73.1 Å². The molecule has 1 saturated carbocycles. The van der Waals surface area contributed by atoms with Crippen LogP contribution in [-0.4, -0.2) is 141 Å². The molecule has 79 heavy (non-hydrogen) atoms.